The predicted molar refractivity (Wildman–Crippen MR) is 64.5 cm³/mol. The van der Waals surface area contributed by atoms with Crippen molar-refractivity contribution in [1.29, 1.82) is 0 Å². The van der Waals surface area contributed by atoms with Gasteiger partial charge in [0, 0.05) is 18.7 Å². The van der Waals surface area contributed by atoms with E-state index in [1.165, 1.54) is 11.0 Å². The van der Waals surface area contributed by atoms with Crippen molar-refractivity contribution in [2.75, 3.05) is 11.9 Å². The first kappa shape index (κ1) is 11.6. The summed E-state index contributed by atoms with van der Waals surface area (Å²) in [5.41, 5.74) is 0.0793. The van der Waals surface area contributed by atoms with Crippen molar-refractivity contribution in [1.82, 2.24) is 0 Å². The highest BCUT2D eigenvalue weighted by Gasteiger charge is 2.51. The van der Waals surface area contributed by atoms with Crippen molar-refractivity contribution in [3.05, 3.63) is 29.3 Å². The molecule has 1 spiro atoms. The fourth-order valence-electron chi connectivity index (χ4n) is 3.45. The molecule has 2 aliphatic rings. The Kier molecular flexibility index (Phi) is 2.44. The molecule has 1 aromatic rings. The number of hydrogen-bond donors (Lipinski definition) is 0. The van der Waals surface area contributed by atoms with Gasteiger partial charge < -0.3 is 4.90 Å². The van der Waals surface area contributed by atoms with Crippen molar-refractivity contribution in [3.63, 3.8) is 0 Å². The molecule has 0 aromatic heterocycles. The van der Waals surface area contributed by atoms with Crippen molar-refractivity contribution in [3.8, 4) is 0 Å². The molecule has 1 aromatic carbocycles. The molecule has 0 saturated heterocycles. The van der Waals surface area contributed by atoms with Crippen LogP contribution in [0.15, 0.2) is 12.1 Å². The lowest BCUT2D eigenvalue weighted by atomic mass is 9.70. The minimum absolute atomic E-state index is 0.0818. The summed E-state index contributed by atoms with van der Waals surface area (Å²) in [7, 11) is 1.60. The first-order valence-corrected chi connectivity index (χ1v) is 6.34. The molecule has 1 aliphatic heterocycles. The second-order valence-electron chi connectivity index (χ2n) is 5.29. The number of amides is 1. The van der Waals surface area contributed by atoms with E-state index in [-0.39, 0.29) is 5.91 Å². The molecule has 18 heavy (non-hydrogen) atoms. The molecule has 1 heterocycles. The Labute approximate surface area is 105 Å². The fourth-order valence-corrected chi connectivity index (χ4v) is 3.45. The standard InChI is InChI=1S/C14H15F2NO/c1-17-11-8-9(15)7-10(16)12(11)14(13(17)18)5-3-2-4-6-14/h7-8H,2-6H2,1H3. The molecule has 0 N–H and O–H groups in total. The quantitative estimate of drug-likeness (QED) is 0.693. The number of anilines is 1. The molecule has 1 amide bonds. The van der Waals surface area contributed by atoms with Gasteiger partial charge >= 0.3 is 0 Å². The maximum atomic E-state index is 14.1. The van der Waals surface area contributed by atoms with Crippen molar-refractivity contribution in [2.45, 2.75) is 37.5 Å². The molecule has 0 atom stereocenters. The summed E-state index contributed by atoms with van der Waals surface area (Å²) < 4.78 is 27.4. The van der Waals surface area contributed by atoms with Gasteiger partial charge in [0.2, 0.25) is 5.91 Å². The lowest BCUT2D eigenvalue weighted by Crippen LogP contribution is -2.40. The molecule has 2 nitrogen and oxygen atoms in total. The number of carbonyl (C=O) groups excluding carboxylic acids is 1. The van der Waals surface area contributed by atoms with Crippen LogP contribution in [0.2, 0.25) is 0 Å². The van der Waals surface area contributed by atoms with E-state index in [0.29, 0.717) is 24.1 Å². The molecule has 0 radical (unpaired) electrons. The first-order chi connectivity index (χ1) is 8.56. The molecule has 1 saturated carbocycles. The monoisotopic (exact) mass is 251 g/mol. The second-order valence-corrected chi connectivity index (χ2v) is 5.29. The topological polar surface area (TPSA) is 20.3 Å². The van der Waals surface area contributed by atoms with Crippen molar-refractivity contribution < 1.29 is 13.6 Å². The molecular formula is C14H15F2NO. The Morgan fingerprint density at radius 3 is 2.50 bits per heavy atom. The van der Waals surface area contributed by atoms with E-state index >= 15 is 0 Å². The molecule has 1 fully saturated rings. The number of nitrogens with zero attached hydrogens (tertiary/aromatic N) is 1. The number of fused-ring (bicyclic) bond motifs is 2. The minimum atomic E-state index is -0.736. The predicted octanol–water partition coefficient (Wildman–Crippen LogP) is 3.14. The number of carbonyl (C=O) groups is 1. The average Bonchev–Trinajstić information content (AvgIpc) is 2.54. The maximum Gasteiger partial charge on any atom is 0.237 e. The van der Waals surface area contributed by atoms with E-state index in [9.17, 15) is 13.6 Å². The summed E-state index contributed by atoms with van der Waals surface area (Å²) in [5, 5.41) is 0. The molecule has 1 aliphatic carbocycles. The number of hydrogen-bond acceptors (Lipinski definition) is 1. The summed E-state index contributed by atoms with van der Waals surface area (Å²) >= 11 is 0. The van der Waals surface area contributed by atoms with E-state index in [2.05, 4.69) is 0 Å². The van der Waals surface area contributed by atoms with E-state index < -0.39 is 17.0 Å². The Hall–Kier alpha value is -1.45. The van der Waals surface area contributed by atoms with Crippen LogP contribution in [0.1, 0.15) is 37.7 Å². The van der Waals surface area contributed by atoms with Crippen LogP contribution in [-0.2, 0) is 10.2 Å². The summed E-state index contributed by atoms with van der Waals surface area (Å²) in [6.07, 6.45) is 4.28. The Morgan fingerprint density at radius 1 is 1.17 bits per heavy atom. The van der Waals surface area contributed by atoms with Crippen LogP contribution in [0, 0.1) is 11.6 Å². The molecule has 0 unspecified atom stereocenters. The van der Waals surface area contributed by atoms with Crippen LogP contribution < -0.4 is 4.90 Å². The van der Waals surface area contributed by atoms with E-state index in [1.807, 2.05) is 0 Å². The fraction of sp³-hybridized carbons (Fsp3) is 0.500. The highest BCUT2D eigenvalue weighted by molar-refractivity contribution is 6.07. The number of halogens is 2. The average molecular weight is 251 g/mol. The van der Waals surface area contributed by atoms with Gasteiger partial charge in [0.05, 0.1) is 11.1 Å². The zero-order chi connectivity index (χ0) is 12.9. The summed E-state index contributed by atoms with van der Waals surface area (Å²) in [4.78, 5) is 13.8. The molecule has 0 bridgehead atoms. The Morgan fingerprint density at radius 2 is 1.83 bits per heavy atom. The third-order valence-electron chi connectivity index (χ3n) is 4.30. The SMILES string of the molecule is CN1C(=O)C2(CCCCC2)c2c(F)cc(F)cc21. The lowest BCUT2D eigenvalue weighted by Gasteiger charge is -2.32. The summed E-state index contributed by atoms with van der Waals surface area (Å²) in [6, 6.07) is 2.15. The van der Waals surface area contributed by atoms with Gasteiger partial charge in [-0.2, -0.15) is 0 Å². The van der Waals surface area contributed by atoms with Crippen molar-refractivity contribution >= 4 is 11.6 Å². The van der Waals surface area contributed by atoms with Crippen molar-refractivity contribution in [2.24, 2.45) is 0 Å². The van der Waals surface area contributed by atoms with Crippen LogP contribution in [0.25, 0.3) is 0 Å². The lowest BCUT2D eigenvalue weighted by molar-refractivity contribution is -0.124. The number of likely N-dealkylation sites (N-methyl/N-ethyl adjacent to an activating group) is 1. The van der Waals surface area contributed by atoms with E-state index in [1.54, 1.807) is 7.05 Å². The van der Waals surface area contributed by atoms with Crippen LogP contribution in [0.5, 0.6) is 0 Å². The summed E-state index contributed by atoms with van der Waals surface area (Å²) in [5.74, 6) is -1.29. The van der Waals surface area contributed by atoms with Gasteiger partial charge in [-0.05, 0) is 18.9 Å². The molecular weight excluding hydrogens is 236 g/mol. The van der Waals surface area contributed by atoms with Gasteiger partial charge in [-0.25, -0.2) is 8.78 Å². The van der Waals surface area contributed by atoms with Gasteiger partial charge in [0.25, 0.3) is 0 Å². The van der Waals surface area contributed by atoms with E-state index in [0.717, 1.165) is 25.3 Å². The third kappa shape index (κ3) is 1.35. The van der Waals surface area contributed by atoms with Crippen LogP contribution >= 0.6 is 0 Å². The normalized spacial score (nSPS) is 21.5. The molecule has 96 valence electrons. The number of benzene rings is 1. The maximum absolute atomic E-state index is 14.1. The first-order valence-electron chi connectivity index (χ1n) is 6.34. The van der Waals surface area contributed by atoms with Gasteiger partial charge in [-0.1, -0.05) is 19.3 Å². The Balaban J connectivity index is 2.23. The van der Waals surface area contributed by atoms with Crippen LogP contribution in [0.4, 0.5) is 14.5 Å². The zero-order valence-electron chi connectivity index (χ0n) is 10.3. The van der Waals surface area contributed by atoms with Crippen LogP contribution in [0.3, 0.4) is 0 Å². The van der Waals surface area contributed by atoms with Gasteiger partial charge in [0.15, 0.2) is 0 Å². The Bertz CT molecular complexity index is 521. The largest absolute Gasteiger partial charge is 0.314 e. The third-order valence-corrected chi connectivity index (χ3v) is 4.30. The highest BCUT2D eigenvalue weighted by Crippen LogP contribution is 2.50. The summed E-state index contributed by atoms with van der Waals surface area (Å²) in [6.45, 7) is 0. The minimum Gasteiger partial charge on any atom is -0.314 e. The smallest absolute Gasteiger partial charge is 0.237 e. The zero-order valence-corrected chi connectivity index (χ0v) is 10.3. The van der Waals surface area contributed by atoms with Gasteiger partial charge in [-0.3, -0.25) is 4.79 Å². The second kappa shape index (κ2) is 3.77. The van der Waals surface area contributed by atoms with E-state index in [4.69, 9.17) is 0 Å². The molecule has 3 rings (SSSR count). The van der Waals surface area contributed by atoms with Gasteiger partial charge in [0.1, 0.15) is 11.6 Å². The van der Waals surface area contributed by atoms with Crippen LogP contribution in [-0.4, -0.2) is 13.0 Å². The molecule has 4 heteroatoms. The van der Waals surface area contributed by atoms with Gasteiger partial charge in [-0.15, -0.1) is 0 Å². The number of rotatable bonds is 0. The highest BCUT2D eigenvalue weighted by atomic mass is 19.1.